The highest BCUT2D eigenvalue weighted by Gasteiger charge is 2.20. The van der Waals surface area contributed by atoms with Crippen molar-refractivity contribution in [1.82, 2.24) is 19.7 Å². The molecule has 1 aliphatic rings. The van der Waals surface area contributed by atoms with Crippen LogP contribution in [0.5, 0.6) is 0 Å². The van der Waals surface area contributed by atoms with Crippen LogP contribution < -0.4 is 0 Å². The molecule has 1 unspecified atom stereocenters. The fraction of sp³-hybridized carbons (Fsp3) is 0.417. The maximum absolute atomic E-state index is 5.63. The number of nitrogens with one attached hydrogen (secondary N) is 1. The van der Waals surface area contributed by atoms with E-state index in [0.717, 1.165) is 36.5 Å². The lowest BCUT2D eigenvalue weighted by Gasteiger charge is -2.10. The van der Waals surface area contributed by atoms with Gasteiger partial charge in [0.05, 0.1) is 11.9 Å². The van der Waals surface area contributed by atoms with E-state index >= 15 is 0 Å². The third-order valence-corrected chi connectivity index (χ3v) is 3.22. The van der Waals surface area contributed by atoms with Gasteiger partial charge in [0.15, 0.2) is 0 Å². The molecular weight excluding hydrogens is 248 g/mol. The number of hydrogen-bond donors (Lipinski definition) is 1. The van der Waals surface area contributed by atoms with Crippen molar-refractivity contribution >= 4 is 12.2 Å². The molecule has 18 heavy (non-hydrogen) atoms. The van der Waals surface area contributed by atoms with Gasteiger partial charge in [0, 0.05) is 25.4 Å². The lowest BCUT2D eigenvalue weighted by molar-refractivity contribution is 0.105. The minimum absolute atomic E-state index is 0.0447. The van der Waals surface area contributed by atoms with Gasteiger partial charge in [-0.25, -0.2) is 4.98 Å². The topological polar surface area (TPSA) is 55.7 Å². The normalized spacial score (nSPS) is 19.3. The highest BCUT2D eigenvalue weighted by atomic mass is 32.1. The van der Waals surface area contributed by atoms with Crippen molar-refractivity contribution in [2.45, 2.75) is 18.9 Å². The summed E-state index contributed by atoms with van der Waals surface area (Å²) in [6.45, 7) is 0.796. The number of H-pyrrole nitrogens is 1. The summed E-state index contributed by atoms with van der Waals surface area (Å²) in [5, 5.41) is 4.16. The fourth-order valence-electron chi connectivity index (χ4n) is 2.14. The Bertz CT molecular complexity index is 613. The molecule has 0 amide bonds. The third kappa shape index (κ3) is 2.21. The second-order valence-electron chi connectivity index (χ2n) is 4.42. The average Bonchev–Trinajstić information content (AvgIpc) is 2.98. The molecule has 0 bridgehead atoms. The Kier molecular flexibility index (Phi) is 2.97. The minimum Gasteiger partial charge on any atom is -0.370 e. The number of ether oxygens (including phenoxy) is 1. The quantitative estimate of drug-likeness (QED) is 0.844. The molecule has 6 heteroatoms. The predicted molar refractivity (Wildman–Crippen MR) is 69.6 cm³/mol. The van der Waals surface area contributed by atoms with Crippen LogP contribution in [0.1, 0.15) is 24.8 Å². The molecule has 3 rings (SSSR count). The molecule has 2 aromatic rings. The summed E-state index contributed by atoms with van der Waals surface area (Å²) in [5.74, 6) is 0.818. The second-order valence-corrected chi connectivity index (χ2v) is 4.84. The van der Waals surface area contributed by atoms with Crippen molar-refractivity contribution in [3.8, 4) is 11.3 Å². The van der Waals surface area contributed by atoms with Crippen molar-refractivity contribution in [2.24, 2.45) is 7.05 Å². The minimum atomic E-state index is 0.0447. The summed E-state index contributed by atoms with van der Waals surface area (Å²) in [5.41, 5.74) is 1.94. The molecule has 5 nitrogen and oxygen atoms in total. The lowest BCUT2D eigenvalue weighted by Crippen LogP contribution is -2.03. The van der Waals surface area contributed by atoms with Gasteiger partial charge < -0.3 is 9.72 Å². The largest absolute Gasteiger partial charge is 0.370 e. The van der Waals surface area contributed by atoms with Gasteiger partial charge in [-0.1, -0.05) is 12.2 Å². The first-order valence-corrected chi connectivity index (χ1v) is 6.35. The number of rotatable bonds is 2. The lowest BCUT2D eigenvalue weighted by atomic mass is 10.2. The van der Waals surface area contributed by atoms with Gasteiger partial charge in [0.2, 0.25) is 0 Å². The molecule has 1 saturated heterocycles. The Hall–Kier alpha value is -1.53. The Morgan fingerprint density at radius 2 is 2.44 bits per heavy atom. The molecule has 0 spiro atoms. The summed E-state index contributed by atoms with van der Waals surface area (Å²) >= 11 is 5.22. The summed E-state index contributed by atoms with van der Waals surface area (Å²) < 4.78 is 7.97. The first-order chi connectivity index (χ1) is 8.72. The van der Waals surface area contributed by atoms with Crippen molar-refractivity contribution < 1.29 is 4.74 Å². The molecule has 1 atom stereocenters. The summed E-state index contributed by atoms with van der Waals surface area (Å²) in [6.07, 6.45) is 5.86. The fourth-order valence-corrected chi connectivity index (χ4v) is 2.35. The molecular formula is C12H14N4OS. The first kappa shape index (κ1) is 11.6. The van der Waals surface area contributed by atoms with E-state index in [0.29, 0.717) is 4.64 Å². The van der Waals surface area contributed by atoms with Crippen LogP contribution in [0.15, 0.2) is 18.5 Å². The number of nitrogens with zero attached hydrogens (tertiary/aromatic N) is 3. The zero-order chi connectivity index (χ0) is 12.5. The van der Waals surface area contributed by atoms with Crippen LogP contribution in [0.25, 0.3) is 11.3 Å². The molecule has 0 aromatic carbocycles. The highest BCUT2D eigenvalue weighted by Crippen LogP contribution is 2.27. The molecule has 1 N–H and O–H groups in total. The van der Waals surface area contributed by atoms with E-state index in [4.69, 9.17) is 17.0 Å². The van der Waals surface area contributed by atoms with Gasteiger partial charge in [-0.05, 0) is 18.9 Å². The molecule has 0 aliphatic carbocycles. The van der Waals surface area contributed by atoms with Gasteiger partial charge in [0.25, 0.3) is 0 Å². The Morgan fingerprint density at radius 3 is 3.11 bits per heavy atom. The van der Waals surface area contributed by atoms with Crippen LogP contribution in [0.2, 0.25) is 0 Å². The van der Waals surface area contributed by atoms with Gasteiger partial charge >= 0.3 is 0 Å². The molecule has 0 saturated carbocycles. The molecule has 0 radical (unpaired) electrons. The van der Waals surface area contributed by atoms with Crippen LogP contribution in [-0.2, 0) is 11.8 Å². The molecule has 1 aliphatic heterocycles. The Morgan fingerprint density at radius 1 is 1.56 bits per heavy atom. The van der Waals surface area contributed by atoms with Gasteiger partial charge in [-0.15, -0.1) is 0 Å². The number of hydrogen-bond acceptors (Lipinski definition) is 4. The maximum Gasteiger partial charge on any atom is 0.137 e. The van der Waals surface area contributed by atoms with Crippen LogP contribution in [0, 0.1) is 4.64 Å². The van der Waals surface area contributed by atoms with Crippen LogP contribution in [0.3, 0.4) is 0 Å². The van der Waals surface area contributed by atoms with E-state index in [-0.39, 0.29) is 6.10 Å². The Labute approximate surface area is 110 Å². The van der Waals surface area contributed by atoms with Crippen LogP contribution in [0.4, 0.5) is 0 Å². The van der Waals surface area contributed by atoms with Crippen molar-refractivity contribution in [3.05, 3.63) is 28.9 Å². The third-order valence-electron chi connectivity index (χ3n) is 3.01. The zero-order valence-electron chi connectivity index (χ0n) is 10.1. The summed E-state index contributed by atoms with van der Waals surface area (Å²) in [7, 11) is 1.89. The molecule has 94 valence electrons. The van der Waals surface area contributed by atoms with E-state index < -0.39 is 0 Å². The second kappa shape index (κ2) is 4.62. The van der Waals surface area contributed by atoms with E-state index in [9.17, 15) is 0 Å². The SMILES string of the molecule is Cn1cc(-c2cc(=S)nc(C3CCCO3)[nH]2)cn1. The maximum atomic E-state index is 5.63. The standard InChI is InChI=1S/C12H14N4OS/c1-16-7-8(6-13-16)9-5-11(18)15-12(14-9)10-3-2-4-17-10/h5-7,10H,2-4H2,1H3,(H,14,15,18). The first-order valence-electron chi connectivity index (χ1n) is 5.94. The number of aromatic nitrogens is 4. The van der Waals surface area contributed by atoms with E-state index in [1.54, 1.807) is 10.9 Å². The monoisotopic (exact) mass is 262 g/mol. The zero-order valence-corrected chi connectivity index (χ0v) is 10.9. The predicted octanol–water partition coefficient (Wildman–Crippen LogP) is 2.39. The van der Waals surface area contributed by atoms with Gasteiger partial charge in [-0.2, -0.15) is 5.10 Å². The summed E-state index contributed by atoms with van der Waals surface area (Å²) in [6, 6.07) is 1.85. The van der Waals surface area contributed by atoms with E-state index in [2.05, 4.69) is 15.1 Å². The molecule has 3 heterocycles. The van der Waals surface area contributed by atoms with E-state index in [1.807, 2.05) is 19.3 Å². The van der Waals surface area contributed by atoms with Crippen LogP contribution >= 0.6 is 12.2 Å². The smallest absolute Gasteiger partial charge is 0.137 e. The highest BCUT2D eigenvalue weighted by molar-refractivity contribution is 7.71. The van der Waals surface area contributed by atoms with Crippen molar-refractivity contribution in [1.29, 1.82) is 0 Å². The van der Waals surface area contributed by atoms with Gasteiger partial charge in [-0.3, -0.25) is 4.68 Å². The van der Waals surface area contributed by atoms with Crippen molar-refractivity contribution in [2.75, 3.05) is 6.61 Å². The molecule has 2 aromatic heterocycles. The Balaban J connectivity index is 2.02. The number of aromatic amines is 1. The van der Waals surface area contributed by atoms with Crippen LogP contribution in [-0.4, -0.2) is 26.4 Å². The number of aryl methyl sites for hydroxylation is 1. The molecule has 1 fully saturated rings. The average molecular weight is 262 g/mol. The van der Waals surface area contributed by atoms with Crippen molar-refractivity contribution in [3.63, 3.8) is 0 Å². The summed E-state index contributed by atoms with van der Waals surface area (Å²) in [4.78, 5) is 7.66. The van der Waals surface area contributed by atoms with Gasteiger partial charge in [0.1, 0.15) is 16.6 Å². The van der Waals surface area contributed by atoms with E-state index in [1.165, 1.54) is 0 Å².